The molecular formula is C38H30O6. The molecule has 218 valence electrons. The van der Waals surface area contributed by atoms with Crippen LogP contribution in [0, 0.1) is 0 Å². The minimum atomic E-state index is -0.934. The number of methoxy groups -OCH3 is 1. The summed E-state index contributed by atoms with van der Waals surface area (Å²) in [5.41, 5.74) is 8.18. The van der Waals surface area contributed by atoms with Crippen molar-refractivity contribution in [3.8, 4) is 16.9 Å². The van der Waals surface area contributed by atoms with Crippen LogP contribution in [0.5, 0.6) is 5.75 Å². The monoisotopic (exact) mass is 582 g/mol. The van der Waals surface area contributed by atoms with E-state index in [4.69, 9.17) is 4.74 Å². The second-order valence-corrected chi connectivity index (χ2v) is 11.8. The average molecular weight is 583 g/mol. The molecule has 8 rings (SSSR count). The highest BCUT2D eigenvalue weighted by Gasteiger charge is 2.36. The molecule has 44 heavy (non-hydrogen) atoms. The molecule has 2 aliphatic carbocycles. The van der Waals surface area contributed by atoms with E-state index in [-0.39, 0.29) is 6.61 Å². The zero-order valence-corrected chi connectivity index (χ0v) is 23.9. The minimum Gasteiger partial charge on any atom is -0.497 e. The molecule has 0 saturated heterocycles. The predicted molar refractivity (Wildman–Crippen MR) is 168 cm³/mol. The van der Waals surface area contributed by atoms with Gasteiger partial charge in [0.15, 0.2) is 0 Å². The van der Waals surface area contributed by atoms with Gasteiger partial charge in [0.05, 0.1) is 13.7 Å². The number of aliphatic hydroxyl groups is 5. The van der Waals surface area contributed by atoms with E-state index in [9.17, 15) is 25.5 Å². The molecule has 0 heterocycles. The Morgan fingerprint density at radius 3 is 1.45 bits per heavy atom. The van der Waals surface area contributed by atoms with Gasteiger partial charge in [-0.15, -0.1) is 0 Å². The lowest BCUT2D eigenvalue weighted by Crippen LogP contribution is -2.17. The largest absolute Gasteiger partial charge is 0.497 e. The average Bonchev–Trinajstić information content (AvgIpc) is 3.08. The summed E-state index contributed by atoms with van der Waals surface area (Å²) in [7, 11) is 1.60. The summed E-state index contributed by atoms with van der Waals surface area (Å²) in [4.78, 5) is 0. The van der Waals surface area contributed by atoms with Gasteiger partial charge in [-0.2, -0.15) is 0 Å². The standard InChI is InChI=1S/C38H30O6/c1-44-26-10-6-21(7-11-26)36(41)25-15-23-9-13-27-34-32(23)30(17-25)38(43)28-12-8-22-14-24(16-29(37(27)42)31(22)33(28)34)35(40)20-4-2-19(18-39)3-5-20/h2-17,35-43H,18H2,1H3. The molecular weight excluding hydrogens is 552 g/mol. The molecule has 6 nitrogen and oxygen atoms in total. The first-order valence-corrected chi connectivity index (χ1v) is 14.6. The second-order valence-electron chi connectivity index (χ2n) is 11.8. The smallest absolute Gasteiger partial charge is 0.118 e. The van der Waals surface area contributed by atoms with Crippen molar-refractivity contribution in [2.24, 2.45) is 0 Å². The molecule has 0 fully saturated rings. The molecule has 2 aliphatic rings. The van der Waals surface area contributed by atoms with E-state index < -0.39 is 24.4 Å². The minimum absolute atomic E-state index is 0.0694. The van der Waals surface area contributed by atoms with Crippen LogP contribution in [0.25, 0.3) is 32.7 Å². The zero-order valence-electron chi connectivity index (χ0n) is 23.9. The van der Waals surface area contributed by atoms with E-state index >= 15 is 0 Å². The number of aliphatic hydroxyl groups excluding tert-OH is 5. The molecule has 6 aromatic carbocycles. The Balaban J connectivity index is 1.30. The van der Waals surface area contributed by atoms with Gasteiger partial charge < -0.3 is 30.3 Å². The molecule has 0 aromatic heterocycles. The van der Waals surface area contributed by atoms with Crippen molar-refractivity contribution in [1.82, 2.24) is 0 Å². The predicted octanol–water partition coefficient (Wildman–Crippen LogP) is 6.11. The number of hydrogen-bond acceptors (Lipinski definition) is 6. The highest BCUT2D eigenvalue weighted by atomic mass is 16.5. The third kappa shape index (κ3) is 3.86. The molecule has 5 N–H and O–H groups in total. The Hall–Kier alpha value is -4.56. The van der Waals surface area contributed by atoms with Crippen LogP contribution in [0.1, 0.15) is 74.5 Å². The van der Waals surface area contributed by atoms with E-state index in [0.29, 0.717) is 33.6 Å². The van der Waals surface area contributed by atoms with E-state index in [0.717, 1.165) is 54.9 Å². The van der Waals surface area contributed by atoms with Gasteiger partial charge in [0.25, 0.3) is 0 Å². The fourth-order valence-corrected chi connectivity index (χ4v) is 7.13. The van der Waals surface area contributed by atoms with Crippen molar-refractivity contribution in [3.05, 3.63) is 147 Å². The summed E-state index contributed by atoms with van der Waals surface area (Å²) >= 11 is 0. The molecule has 6 aromatic rings. The fourth-order valence-electron chi connectivity index (χ4n) is 7.13. The lowest BCUT2D eigenvalue weighted by Gasteiger charge is -2.35. The maximum atomic E-state index is 11.8. The van der Waals surface area contributed by atoms with Crippen LogP contribution in [0.3, 0.4) is 0 Å². The number of benzene rings is 6. The Morgan fingerprint density at radius 1 is 0.568 bits per heavy atom. The molecule has 0 amide bonds. The molecule has 0 spiro atoms. The van der Waals surface area contributed by atoms with Crippen LogP contribution in [0.2, 0.25) is 0 Å². The first kappa shape index (κ1) is 27.0. The molecule has 4 atom stereocenters. The van der Waals surface area contributed by atoms with Crippen LogP contribution in [-0.2, 0) is 6.61 Å². The van der Waals surface area contributed by atoms with E-state index in [1.807, 2.05) is 72.8 Å². The highest BCUT2D eigenvalue weighted by Crippen LogP contribution is 2.55. The van der Waals surface area contributed by atoms with Crippen molar-refractivity contribution in [1.29, 1.82) is 0 Å². The van der Waals surface area contributed by atoms with Gasteiger partial charge in [-0.1, -0.05) is 60.7 Å². The van der Waals surface area contributed by atoms with Crippen molar-refractivity contribution in [2.45, 2.75) is 31.0 Å². The number of hydrogen-bond donors (Lipinski definition) is 5. The van der Waals surface area contributed by atoms with Gasteiger partial charge in [-0.3, -0.25) is 0 Å². The maximum Gasteiger partial charge on any atom is 0.118 e. The Labute approximate surface area is 253 Å². The summed E-state index contributed by atoms with van der Waals surface area (Å²) in [6, 6.07) is 29.8. The summed E-state index contributed by atoms with van der Waals surface area (Å²) in [6.45, 7) is -0.0694. The third-order valence-corrected chi connectivity index (χ3v) is 9.38. The molecule has 4 unspecified atom stereocenters. The zero-order chi connectivity index (χ0) is 30.3. The quantitative estimate of drug-likeness (QED) is 0.162. The highest BCUT2D eigenvalue weighted by molar-refractivity contribution is 6.14. The van der Waals surface area contributed by atoms with Gasteiger partial charge in [-0.05, 0) is 119 Å². The summed E-state index contributed by atoms with van der Waals surface area (Å²) in [6.07, 6.45) is -3.68. The van der Waals surface area contributed by atoms with Crippen LogP contribution in [-0.4, -0.2) is 32.6 Å². The third-order valence-electron chi connectivity index (χ3n) is 9.38. The molecule has 6 heteroatoms. The van der Waals surface area contributed by atoms with Crippen LogP contribution in [0.4, 0.5) is 0 Å². The van der Waals surface area contributed by atoms with Crippen LogP contribution >= 0.6 is 0 Å². The molecule has 0 bridgehead atoms. The van der Waals surface area contributed by atoms with E-state index in [1.165, 1.54) is 0 Å². The van der Waals surface area contributed by atoms with Gasteiger partial charge in [-0.25, -0.2) is 0 Å². The topological polar surface area (TPSA) is 110 Å². The normalized spacial score (nSPS) is 17.7. The first-order valence-electron chi connectivity index (χ1n) is 14.6. The first-order chi connectivity index (χ1) is 21.4. The fraction of sp³-hybridized carbons (Fsp3) is 0.158. The molecule has 0 aliphatic heterocycles. The van der Waals surface area contributed by atoms with Crippen molar-refractivity contribution in [2.75, 3.05) is 7.11 Å². The van der Waals surface area contributed by atoms with Crippen LogP contribution in [0.15, 0.2) is 97.1 Å². The van der Waals surface area contributed by atoms with Crippen molar-refractivity contribution in [3.63, 3.8) is 0 Å². The lowest BCUT2D eigenvalue weighted by atomic mass is 9.71. The van der Waals surface area contributed by atoms with E-state index in [1.54, 1.807) is 31.4 Å². The SMILES string of the molecule is COc1ccc(C(O)c2cc3c4c5c(ccc4c2)C(O)c2cc(C(O)c4ccc(CO)cc4)cc4ccc(c-5c24)C3O)cc1. The molecule has 0 saturated carbocycles. The number of ether oxygens (including phenoxy) is 1. The Morgan fingerprint density at radius 2 is 1.02 bits per heavy atom. The van der Waals surface area contributed by atoms with Gasteiger partial charge in [0, 0.05) is 0 Å². The van der Waals surface area contributed by atoms with E-state index in [2.05, 4.69) is 0 Å². The maximum absolute atomic E-state index is 11.8. The number of rotatable bonds is 6. The lowest BCUT2D eigenvalue weighted by molar-refractivity contribution is 0.211. The summed E-state index contributed by atoms with van der Waals surface area (Å²) in [5, 5.41) is 59.2. The van der Waals surface area contributed by atoms with Gasteiger partial charge in [0.1, 0.15) is 30.2 Å². The van der Waals surface area contributed by atoms with Crippen LogP contribution < -0.4 is 4.74 Å². The second kappa shape index (κ2) is 9.99. The Bertz CT molecular complexity index is 1950. The summed E-state index contributed by atoms with van der Waals surface area (Å²) < 4.78 is 5.26. The summed E-state index contributed by atoms with van der Waals surface area (Å²) in [5.74, 6) is 0.705. The van der Waals surface area contributed by atoms with Crippen molar-refractivity contribution >= 4 is 21.5 Å². The van der Waals surface area contributed by atoms with Crippen molar-refractivity contribution < 1.29 is 30.3 Å². The van der Waals surface area contributed by atoms with Gasteiger partial charge >= 0.3 is 0 Å². The molecule has 0 radical (unpaired) electrons. The van der Waals surface area contributed by atoms with Gasteiger partial charge in [0.2, 0.25) is 0 Å². The Kier molecular flexibility index (Phi) is 6.14.